The van der Waals surface area contributed by atoms with E-state index in [1.807, 2.05) is 0 Å². The van der Waals surface area contributed by atoms with Gasteiger partial charge in [-0.05, 0) is 25.8 Å². The SMILES string of the molecule is COc1ncnc(OC)c1CNCCC1CCCO1. The highest BCUT2D eigenvalue weighted by atomic mass is 16.5. The maximum Gasteiger partial charge on any atom is 0.224 e. The Morgan fingerprint density at radius 3 is 2.63 bits per heavy atom. The first-order chi connectivity index (χ1) is 9.35. The van der Waals surface area contributed by atoms with E-state index >= 15 is 0 Å². The largest absolute Gasteiger partial charge is 0.481 e. The average molecular weight is 267 g/mol. The van der Waals surface area contributed by atoms with Crippen molar-refractivity contribution in [3.05, 3.63) is 11.9 Å². The molecule has 0 amide bonds. The summed E-state index contributed by atoms with van der Waals surface area (Å²) in [6, 6.07) is 0. The third-order valence-corrected chi connectivity index (χ3v) is 3.22. The fourth-order valence-electron chi connectivity index (χ4n) is 2.23. The zero-order valence-electron chi connectivity index (χ0n) is 11.5. The van der Waals surface area contributed by atoms with Crippen molar-refractivity contribution in [1.82, 2.24) is 15.3 Å². The number of hydrogen-bond donors (Lipinski definition) is 1. The number of rotatable bonds is 7. The third-order valence-electron chi connectivity index (χ3n) is 3.22. The van der Waals surface area contributed by atoms with Gasteiger partial charge in [-0.25, -0.2) is 9.97 Å². The van der Waals surface area contributed by atoms with Crippen LogP contribution in [0.5, 0.6) is 11.8 Å². The van der Waals surface area contributed by atoms with Crippen molar-refractivity contribution in [1.29, 1.82) is 0 Å². The molecule has 0 bridgehead atoms. The highest BCUT2D eigenvalue weighted by Gasteiger charge is 2.16. The smallest absolute Gasteiger partial charge is 0.224 e. The first-order valence-corrected chi connectivity index (χ1v) is 6.59. The molecule has 19 heavy (non-hydrogen) atoms. The zero-order valence-corrected chi connectivity index (χ0v) is 11.5. The summed E-state index contributed by atoms with van der Waals surface area (Å²) in [4.78, 5) is 8.17. The van der Waals surface area contributed by atoms with E-state index in [1.165, 1.54) is 19.2 Å². The number of hydrogen-bond acceptors (Lipinski definition) is 6. The predicted molar refractivity (Wildman–Crippen MR) is 70.4 cm³/mol. The van der Waals surface area contributed by atoms with Gasteiger partial charge >= 0.3 is 0 Å². The average Bonchev–Trinajstić information content (AvgIpc) is 2.96. The van der Waals surface area contributed by atoms with Crippen LogP contribution in [0.3, 0.4) is 0 Å². The molecule has 1 aromatic heterocycles. The van der Waals surface area contributed by atoms with Crippen LogP contribution in [0.25, 0.3) is 0 Å². The van der Waals surface area contributed by atoms with Crippen LogP contribution in [0.1, 0.15) is 24.8 Å². The van der Waals surface area contributed by atoms with Gasteiger partial charge in [0.25, 0.3) is 0 Å². The summed E-state index contributed by atoms with van der Waals surface area (Å²) in [6.07, 6.45) is 5.22. The molecule has 2 rings (SSSR count). The molecule has 2 heterocycles. The summed E-state index contributed by atoms with van der Waals surface area (Å²) >= 11 is 0. The van der Waals surface area contributed by atoms with Gasteiger partial charge in [-0.1, -0.05) is 0 Å². The molecule has 1 aliphatic rings. The molecule has 1 aromatic rings. The van der Waals surface area contributed by atoms with Crippen molar-refractivity contribution in [2.24, 2.45) is 0 Å². The van der Waals surface area contributed by atoms with Gasteiger partial charge in [-0.2, -0.15) is 0 Å². The summed E-state index contributed by atoms with van der Waals surface area (Å²) in [6.45, 7) is 2.42. The maximum atomic E-state index is 5.58. The van der Waals surface area contributed by atoms with Crippen molar-refractivity contribution in [3.63, 3.8) is 0 Å². The second kappa shape index (κ2) is 7.25. The quantitative estimate of drug-likeness (QED) is 0.748. The molecule has 0 aromatic carbocycles. The molecule has 1 N–H and O–H groups in total. The fraction of sp³-hybridized carbons (Fsp3) is 0.692. The molecule has 1 saturated heterocycles. The Balaban J connectivity index is 1.83. The van der Waals surface area contributed by atoms with Gasteiger partial charge in [0, 0.05) is 13.2 Å². The number of ether oxygens (including phenoxy) is 3. The lowest BCUT2D eigenvalue weighted by Gasteiger charge is -2.13. The molecule has 1 unspecified atom stereocenters. The highest BCUT2D eigenvalue weighted by molar-refractivity contribution is 5.34. The van der Waals surface area contributed by atoms with Crippen molar-refractivity contribution in [2.45, 2.75) is 31.9 Å². The van der Waals surface area contributed by atoms with Crippen LogP contribution in [0.4, 0.5) is 0 Å². The molecule has 0 aliphatic carbocycles. The van der Waals surface area contributed by atoms with Crippen LogP contribution < -0.4 is 14.8 Å². The van der Waals surface area contributed by atoms with E-state index < -0.39 is 0 Å². The van der Waals surface area contributed by atoms with E-state index in [0.29, 0.717) is 24.4 Å². The van der Waals surface area contributed by atoms with Gasteiger partial charge in [0.15, 0.2) is 0 Å². The summed E-state index contributed by atoms with van der Waals surface area (Å²) in [5, 5.41) is 3.36. The molecule has 0 saturated carbocycles. The Hall–Kier alpha value is -1.40. The Kier molecular flexibility index (Phi) is 5.35. The fourth-order valence-corrected chi connectivity index (χ4v) is 2.23. The predicted octanol–water partition coefficient (Wildman–Crippen LogP) is 1.15. The first-order valence-electron chi connectivity index (χ1n) is 6.59. The summed E-state index contributed by atoms with van der Waals surface area (Å²) in [5.74, 6) is 1.10. The minimum atomic E-state index is 0.406. The molecule has 0 spiro atoms. The number of methoxy groups -OCH3 is 2. The van der Waals surface area contributed by atoms with Crippen LogP contribution in [0, 0.1) is 0 Å². The number of aromatic nitrogens is 2. The monoisotopic (exact) mass is 267 g/mol. The van der Waals surface area contributed by atoms with Crippen LogP contribution in [-0.4, -0.2) is 43.4 Å². The Bertz CT molecular complexity index is 372. The molecular formula is C13H21N3O3. The second-order valence-corrected chi connectivity index (χ2v) is 4.47. The van der Waals surface area contributed by atoms with Crippen molar-refractivity contribution >= 4 is 0 Å². The van der Waals surface area contributed by atoms with Gasteiger partial charge in [-0.15, -0.1) is 0 Å². The summed E-state index contributed by atoms with van der Waals surface area (Å²) in [7, 11) is 3.19. The van der Waals surface area contributed by atoms with Crippen molar-refractivity contribution in [2.75, 3.05) is 27.4 Å². The lowest BCUT2D eigenvalue weighted by atomic mass is 10.2. The normalized spacial score (nSPS) is 18.5. The minimum absolute atomic E-state index is 0.406. The Labute approximate surface area is 113 Å². The van der Waals surface area contributed by atoms with E-state index in [4.69, 9.17) is 14.2 Å². The van der Waals surface area contributed by atoms with Gasteiger partial charge in [0.2, 0.25) is 11.8 Å². The topological polar surface area (TPSA) is 65.5 Å². The van der Waals surface area contributed by atoms with Crippen LogP contribution >= 0.6 is 0 Å². The van der Waals surface area contributed by atoms with Crippen LogP contribution in [0.2, 0.25) is 0 Å². The van der Waals surface area contributed by atoms with Crippen LogP contribution in [-0.2, 0) is 11.3 Å². The standard InChI is InChI=1S/C13H21N3O3/c1-17-12-11(13(18-2)16-9-15-12)8-14-6-5-10-4-3-7-19-10/h9-10,14H,3-8H2,1-2H3. The first kappa shape index (κ1) is 14.0. The summed E-state index contributed by atoms with van der Waals surface area (Å²) in [5.41, 5.74) is 0.847. The van der Waals surface area contributed by atoms with Gasteiger partial charge in [-0.3, -0.25) is 0 Å². The van der Waals surface area contributed by atoms with Gasteiger partial charge < -0.3 is 19.5 Å². The lowest BCUT2D eigenvalue weighted by Crippen LogP contribution is -2.21. The molecule has 6 heteroatoms. The van der Waals surface area contributed by atoms with Crippen molar-refractivity contribution in [3.8, 4) is 11.8 Å². The molecular weight excluding hydrogens is 246 g/mol. The van der Waals surface area contributed by atoms with Crippen LogP contribution in [0.15, 0.2) is 6.33 Å². The molecule has 1 aliphatic heterocycles. The molecule has 1 fully saturated rings. The Morgan fingerprint density at radius 1 is 1.32 bits per heavy atom. The molecule has 0 radical (unpaired) electrons. The van der Waals surface area contributed by atoms with E-state index in [0.717, 1.165) is 25.1 Å². The highest BCUT2D eigenvalue weighted by Crippen LogP contribution is 2.23. The van der Waals surface area contributed by atoms with E-state index in [9.17, 15) is 0 Å². The van der Waals surface area contributed by atoms with Gasteiger partial charge in [0.05, 0.1) is 25.9 Å². The maximum absolute atomic E-state index is 5.58. The number of nitrogens with zero attached hydrogens (tertiary/aromatic N) is 2. The second-order valence-electron chi connectivity index (χ2n) is 4.47. The van der Waals surface area contributed by atoms with E-state index in [2.05, 4.69) is 15.3 Å². The van der Waals surface area contributed by atoms with Gasteiger partial charge in [0.1, 0.15) is 6.33 Å². The minimum Gasteiger partial charge on any atom is -0.481 e. The number of nitrogens with one attached hydrogen (secondary N) is 1. The molecule has 6 nitrogen and oxygen atoms in total. The summed E-state index contributed by atoms with van der Waals surface area (Å²) < 4.78 is 16.0. The molecule has 1 atom stereocenters. The zero-order chi connectivity index (χ0) is 13.5. The third kappa shape index (κ3) is 3.78. The van der Waals surface area contributed by atoms with E-state index in [1.54, 1.807) is 14.2 Å². The molecule has 106 valence electrons. The van der Waals surface area contributed by atoms with E-state index in [-0.39, 0.29) is 0 Å². The van der Waals surface area contributed by atoms with Crippen molar-refractivity contribution < 1.29 is 14.2 Å². The Morgan fingerprint density at radius 2 is 2.05 bits per heavy atom. The lowest BCUT2D eigenvalue weighted by molar-refractivity contribution is 0.104.